The van der Waals surface area contributed by atoms with Crippen molar-refractivity contribution in [1.29, 1.82) is 0 Å². The lowest BCUT2D eigenvalue weighted by Gasteiger charge is -2.03. The van der Waals surface area contributed by atoms with Crippen LogP contribution in [0.4, 0.5) is 4.39 Å². The molecule has 5 nitrogen and oxygen atoms in total. The Morgan fingerprint density at radius 2 is 2.29 bits per heavy atom. The van der Waals surface area contributed by atoms with Crippen molar-refractivity contribution in [2.45, 2.75) is 6.54 Å². The van der Waals surface area contributed by atoms with Crippen LogP contribution in [0.25, 0.3) is 0 Å². The molecule has 88 valence electrons. The predicted molar refractivity (Wildman–Crippen MR) is 60.2 cm³/mol. The van der Waals surface area contributed by atoms with Crippen LogP contribution in [0.3, 0.4) is 0 Å². The Hall–Kier alpha value is -1.76. The van der Waals surface area contributed by atoms with Crippen LogP contribution in [-0.2, 0) is 6.54 Å². The second kappa shape index (κ2) is 4.62. The molecule has 0 bridgehead atoms. The minimum atomic E-state index is -1.14. The summed E-state index contributed by atoms with van der Waals surface area (Å²) in [6.07, 6.45) is 1.29. The van der Waals surface area contributed by atoms with Crippen molar-refractivity contribution in [2.75, 3.05) is 0 Å². The Morgan fingerprint density at radius 1 is 1.53 bits per heavy atom. The third kappa shape index (κ3) is 2.68. The van der Waals surface area contributed by atoms with Crippen LogP contribution in [-0.4, -0.2) is 26.1 Å². The first-order valence-corrected chi connectivity index (χ1v) is 5.43. The highest BCUT2D eigenvalue weighted by atomic mass is 79.9. The Bertz CT molecular complexity index is 570. The zero-order valence-electron chi connectivity index (χ0n) is 8.47. The quantitative estimate of drug-likeness (QED) is 0.940. The SMILES string of the molecule is O=C(O)c1cn(Cc2cc(F)ccc2Br)nn1. The maximum atomic E-state index is 13.0. The van der Waals surface area contributed by atoms with Gasteiger partial charge in [-0.05, 0) is 23.8 Å². The summed E-state index contributed by atoms with van der Waals surface area (Å²) in [6.45, 7) is 0.249. The van der Waals surface area contributed by atoms with Gasteiger partial charge in [0.2, 0.25) is 0 Å². The number of benzene rings is 1. The summed E-state index contributed by atoms with van der Waals surface area (Å²) in [4.78, 5) is 10.6. The van der Waals surface area contributed by atoms with Crippen LogP contribution < -0.4 is 0 Å². The number of nitrogens with zero attached hydrogens (tertiary/aromatic N) is 3. The van der Waals surface area contributed by atoms with E-state index in [4.69, 9.17) is 5.11 Å². The summed E-state index contributed by atoms with van der Waals surface area (Å²) in [7, 11) is 0. The minimum absolute atomic E-state index is 0.141. The normalized spacial score (nSPS) is 10.5. The predicted octanol–water partition coefficient (Wildman–Crippen LogP) is 1.93. The summed E-state index contributed by atoms with van der Waals surface area (Å²) >= 11 is 3.28. The maximum absolute atomic E-state index is 13.0. The van der Waals surface area contributed by atoms with Gasteiger partial charge in [0.1, 0.15) is 5.82 Å². The second-order valence-electron chi connectivity index (χ2n) is 3.34. The summed E-state index contributed by atoms with van der Waals surface area (Å²) in [5.74, 6) is -1.50. The summed E-state index contributed by atoms with van der Waals surface area (Å²) in [6, 6.07) is 4.27. The van der Waals surface area contributed by atoms with Gasteiger partial charge in [-0.3, -0.25) is 0 Å². The van der Waals surface area contributed by atoms with Crippen molar-refractivity contribution in [2.24, 2.45) is 0 Å². The number of carbonyl (C=O) groups is 1. The molecule has 0 aliphatic heterocycles. The smallest absolute Gasteiger partial charge is 0.358 e. The van der Waals surface area contributed by atoms with Gasteiger partial charge < -0.3 is 5.11 Å². The van der Waals surface area contributed by atoms with Crippen LogP contribution in [0, 0.1) is 5.82 Å². The fourth-order valence-corrected chi connectivity index (χ4v) is 1.68. The summed E-state index contributed by atoms with van der Waals surface area (Å²) < 4.78 is 15.1. The second-order valence-corrected chi connectivity index (χ2v) is 4.20. The lowest BCUT2D eigenvalue weighted by Crippen LogP contribution is -2.02. The third-order valence-corrected chi connectivity index (χ3v) is 2.87. The van der Waals surface area contributed by atoms with Crippen molar-refractivity contribution >= 4 is 21.9 Å². The molecule has 1 N–H and O–H groups in total. The van der Waals surface area contributed by atoms with E-state index in [-0.39, 0.29) is 18.1 Å². The van der Waals surface area contributed by atoms with Gasteiger partial charge in [-0.15, -0.1) is 5.10 Å². The van der Waals surface area contributed by atoms with Crippen LogP contribution in [0.1, 0.15) is 16.1 Å². The molecule has 0 unspecified atom stereocenters. The molecule has 0 saturated carbocycles. The molecule has 0 spiro atoms. The zero-order chi connectivity index (χ0) is 12.4. The maximum Gasteiger partial charge on any atom is 0.358 e. The topological polar surface area (TPSA) is 68.0 Å². The first-order chi connectivity index (χ1) is 8.06. The van der Waals surface area contributed by atoms with E-state index in [2.05, 4.69) is 26.2 Å². The van der Waals surface area contributed by atoms with Crippen LogP contribution in [0.2, 0.25) is 0 Å². The zero-order valence-corrected chi connectivity index (χ0v) is 10.1. The highest BCUT2D eigenvalue weighted by Crippen LogP contribution is 2.18. The molecular weight excluding hydrogens is 293 g/mol. The van der Waals surface area contributed by atoms with Crippen LogP contribution >= 0.6 is 15.9 Å². The molecule has 17 heavy (non-hydrogen) atoms. The molecule has 0 atom stereocenters. The first-order valence-electron chi connectivity index (χ1n) is 4.63. The van der Waals surface area contributed by atoms with Gasteiger partial charge in [0, 0.05) is 4.47 Å². The number of aromatic carboxylic acids is 1. The van der Waals surface area contributed by atoms with E-state index in [0.29, 0.717) is 5.56 Å². The van der Waals surface area contributed by atoms with Gasteiger partial charge in [0.25, 0.3) is 0 Å². The monoisotopic (exact) mass is 299 g/mol. The largest absolute Gasteiger partial charge is 0.476 e. The van der Waals surface area contributed by atoms with Crippen molar-refractivity contribution in [3.63, 3.8) is 0 Å². The Morgan fingerprint density at radius 3 is 2.94 bits per heavy atom. The average molecular weight is 300 g/mol. The molecule has 0 amide bonds. The van der Waals surface area contributed by atoms with E-state index in [1.54, 1.807) is 6.07 Å². The van der Waals surface area contributed by atoms with E-state index < -0.39 is 5.97 Å². The fraction of sp³-hybridized carbons (Fsp3) is 0.100. The Kier molecular flexibility index (Phi) is 3.19. The van der Waals surface area contributed by atoms with Crippen molar-refractivity contribution in [3.8, 4) is 0 Å². The number of hydrogen-bond donors (Lipinski definition) is 1. The van der Waals surface area contributed by atoms with Gasteiger partial charge in [0.05, 0.1) is 12.7 Å². The van der Waals surface area contributed by atoms with Gasteiger partial charge in [-0.25, -0.2) is 13.9 Å². The van der Waals surface area contributed by atoms with E-state index in [0.717, 1.165) is 4.47 Å². The molecular formula is C10H7BrFN3O2. The molecule has 0 radical (unpaired) electrons. The average Bonchev–Trinajstić information content (AvgIpc) is 2.72. The lowest BCUT2D eigenvalue weighted by molar-refractivity contribution is 0.0690. The summed E-state index contributed by atoms with van der Waals surface area (Å²) in [5.41, 5.74) is 0.518. The molecule has 0 aliphatic rings. The van der Waals surface area contributed by atoms with Crippen molar-refractivity contribution < 1.29 is 14.3 Å². The summed E-state index contributed by atoms with van der Waals surface area (Å²) in [5, 5.41) is 15.8. The standard InChI is InChI=1S/C10H7BrFN3O2/c11-8-2-1-7(12)3-6(8)4-15-5-9(10(16)17)13-14-15/h1-3,5H,4H2,(H,16,17). The molecule has 0 aliphatic carbocycles. The Labute approximate surface area is 104 Å². The molecule has 2 rings (SSSR count). The van der Waals surface area contributed by atoms with Crippen molar-refractivity contribution in [3.05, 3.63) is 45.9 Å². The number of rotatable bonds is 3. The lowest BCUT2D eigenvalue weighted by atomic mass is 10.2. The van der Waals surface area contributed by atoms with E-state index in [9.17, 15) is 9.18 Å². The number of hydrogen-bond acceptors (Lipinski definition) is 3. The van der Waals surface area contributed by atoms with Crippen molar-refractivity contribution in [1.82, 2.24) is 15.0 Å². The molecule has 1 aromatic carbocycles. The number of aromatic nitrogens is 3. The first kappa shape index (κ1) is 11.7. The van der Waals surface area contributed by atoms with E-state index in [1.807, 2.05) is 0 Å². The number of carboxylic acids is 1. The van der Waals surface area contributed by atoms with Crippen LogP contribution in [0.5, 0.6) is 0 Å². The fourth-order valence-electron chi connectivity index (χ4n) is 1.31. The highest BCUT2D eigenvalue weighted by Gasteiger charge is 2.09. The molecule has 0 saturated heterocycles. The molecule has 7 heteroatoms. The van der Waals surface area contributed by atoms with E-state index >= 15 is 0 Å². The van der Waals surface area contributed by atoms with Gasteiger partial charge >= 0.3 is 5.97 Å². The van der Waals surface area contributed by atoms with E-state index in [1.165, 1.54) is 23.0 Å². The number of carboxylic acid groups (broad SMARTS) is 1. The van der Waals surface area contributed by atoms with Gasteiger partial charge in [-0.2, -0.15) is 0 Å². The third-order valence-electron chi connectivity index (χ3n) is 2.10. The van der Waals surface area contributed by atoms with Gasteiger partial charge in [-0.1, -0.05) is 21.1 Å². The minimum Gasteiger partial charge on any atom is -0.476 e. The molecule has 1 heterocycles. The van der Waals surface area contributed by atoms with Gasteiger partial charge in [0.15, 0.2) is 5.69 Å². The molecule has 0 fully saturated rings. The highest BCUT2D eigenvalue weighted by molar-refractivity contribution is 9.10. The molecule has 1 aromatic heterocycles. The Balaban J connectivity index is 2.25. The van der Waals surface area contributed by atoms with Crippen LogP contribution in [0.15, 0.2) is 28.9 Å². The number of halogens is 2. The molecule has 2 aromatic rings.